The van der Waals surface area contributed by atoms with Gasteiger partial charge in [-0.15, -0.1) is 10.2 Å². The molecule has 0 saturated heterocycles. The van der Waals surface area contributed by atoms with Gasteiger partial charge in [0.15, 0.2) is 0 Å². The fourth-order valence-corrected chi connectivity index (χ4v) is 2.65. The van der Waals surface area contributed by atoms with E-state index in [2.05, 4.69) is 30.6 Å². The molecule has 1 N–H and O–H groups in total. The average molecular weight is 379 g/mol. The van der Waals surface area contributed by atoms with Gasteiger partial charge in [0.05, 0.1) is 17.9 Å². The van der Waals surface area contributed by atoms with Gasteiger partial charge in [-0.25, -0.2) is 9.97 Å². The molecule has 4 rings (SSSR count). The van der Waals surface area contributed by atoms with Crippen LogP contribution in [0.2, 0.25) is 0 Å². The molecule has 0 radical (unpaired) electrons. The Labute approximate surface area is 159 Å². The van der Waals surface area contributed by atoms with Crippen LogP contribution in [0, 0.1) is 6.92 Å². The van der Waals surface area contributed by atoms with Gasteiger partial charge in [-0.1, -0.05) is 0 Å². The third kappa shape index (κ3) is 3.52. The number of carbonyl (C=O) groups is 1. The summed E-state index contributed by atoms with van der Waals surface area (Å²) in [7, 11) is 1.82. The lowest BCUT2D eigenvalue weighted by Crippen LogP contribution is -2.27. The molecule has 4 heterocycles. The van der Waals surface area contributed by atoms with Crippen molar-refractivity contribution in [3.8, 4) is 23.2 Å². The minimum absolute atomic E-state index is 0.206. The number of carbonyl (C=O) groups excluding carboxylic acids is 1. The first-order valence-electron chi connectivity index (χ1n) is 8.52. The SMILES string of the molecule is Cc1nnc(-c2cc(C(=O)NC(C)c3ccn(C)n3)cc(-c3ncco3)n2)o1. The Morgan fingerprint density at radius 1 is 1.21 bits per heavy atom. The Balaban J connectivity index is 1.69. The summed E-state index contributed by atoms with van der Waals surface area (Å²) in [6, 6.07) is 4.75. The van der Waals surface area contributed by atoms with Crippen LogP contribution in [0.4, 0.5) is 0 Å². The summed E-state index contributed by atoms with van der Waals surface area (Å²) in [4.78, 5) is 21.4. The number of nitrogens with zero attached hydrogens (tertiary/aromatic N) is 6. The first kappa shape index (κ1) is 17.6. The zero-order valence-corrected chi connectivity index (χ0v) is 15.4. The van der Waals surface area contributed by atoms with E-state index in [-0.39, 0.29) is 23.7 Å². The van der Waals surface area contributed by atoms with E-state index < -0.39 is 0 Å². The average Bonchev–Trinajstić information content (AvgIpc) is 3.43. The Morgan fingerprint density at radius 3 is 2.61 bits per heavy atom. The predicted octanol–water partition coefficient (Wildman–Crippen LogP) is 2.32. The molecule has 0 aliphatic heterocycles. The molecule has 28 heavy (non-hydrogen) atoms. The van der Waals surface area contributed by atoms with E-state index in [1.807, 2.05) is 26.2 Å². The second-order valence-electron chi connectivity index (χ2n) is 6.20. The molecular formula is C18H17N7O3. The molecule has 1 amide bonds. The van der Waals surface area contributed by atoms with E-state index in [0.29, 0.717) is 22.8 Å². The van der Waals surface area contributed by atoms with Crippen molar-refractivity contribution in [3.63, 3.8) is 0 Å². The number of nitrogens with one attached hydrogen (secondary N) is 1. The summed E-state index contributed by atoms with van der Waals surface area (Å²) in [5.74, 6) is 0.585. The Hall–Kier alpha value is -3.82. The molecule has 4 aromatic rings. The van der Waals surface area contributed by atoms with Crippen LogP contribution >= 0.6 is 0 Å². The van der Waals surface area contributed by atoms with Crippen LogP contribution in [-0.4, -0.2) is 35.9 Å². The van der Waals surface area contributed by atoms with Crippen LogP contribution in [-0.2, 0) is 7.05 Å². The first-order chi connectivity index (χ1) is 13.5. The van der Waals surface area contributed by atoms with Crippen molar-refractivity contribution in [2.75, 3.05) is 0 Å². The molecule has 1 unspecified atom stereocenters. The number of oxazole rings is 1. The number of rotatable bonds is 5. The Kier molecular flexibility index (Phi) is 4.44. The summed E-state index contributed by atoms with van der Waals surface area (Å²) >= 11 is 0. The summed E-state index contributed by atoms with van der Waals surface area (Å²) < 4.78 is 12.5. The Morgan fingerprint density at radius 2 is 2.00 bits per heavy atom. The van der Waals surface area contributed by atoms with E-state index in [4.69, 9.17) is 8.83 Å². The topological polar surface area (TPSA) is 125 Å². The number of pyridine rings is 1. The van der Waals surface area contributed by atoms with E-state index in [1.54, 1.807) is 23.7 Å². The maximum Gasteiger partial charge on any atom is 0.266 e. The third-order valence-electron chi connectivity index (χ3n) is 4.01. The summed E-state index contributed by atoms with van der Waals surface area (Å²) in [5.41, 5.74) is 1.85. The quantitative estimate of drug-likeness (QED) is 0.560. The van der Waals surface area contributed by atoms with E-state index in [0.717, 1.165) is 5.69 Å². The summed E-state index contributed by atoms with van der Waals surface area (Å²) in [5, 5.41) is 15.0. The van der Waals surface area contributed by atoms with Gasteiger partial charge in [0.2, 0.25) is 11.8 Å². The van der Waals surface area contributed by atoms with Crippen molar-refractivity contribution in [3.05, 3.63) is 54.0 Å². The van der Waals surface area contributed by atoms with Crippen molar-refractivity contribution >= 4 is 5.91 Å². The van der Waals surface area contributed by atoms with Crippen molar-refractivity contribution in [2.24, 2.45) is 7.05 Å². The largest absolute Gasteiger partial charge is 0.443 e. The molecule has 10 heteroatoms. The highest BCUT2D eigenvalue weighted by Gasteiger charge is 2.19. The predicted molar refractivity (Wildman–Crippen MR) is 96.9 cm³/mol. The third-order valence-corrected chi connectivity index (χ3v) is 4.01. The van der Waals surface area contributed by atoms with Gasteiger partial charge in [0, 0.05) is 25.7 Å². The van der Waals surface area contributed by atoms with Gasteiger partial charge in [-0.05, 0) is 25.1 Å². The zero-order chi connectivity index (χ0) is 19.7. The van der Waals surface area contributed by atoms with Crippen LogP contribution in [0.1, 0.15) is 34.9 Å². The fourth-order valence-electron chi connectivity index (χ4n) is 2.65. The normalized spacial score (nSPS) is 12.1. The highest BCUT2D eigenvalue weighted by molar-refractivity contribution is 5.96. The minimum atomic E-state index is -0.300. The maximum atomic E-state index is 12.9. The fraction of sp³-hybridized carbons (Fsp3) is 0.222. The van der Waals surface area contributed by atoms with Gasteiger partial charge in [-0.3, -0.25) is 9.48 Å². The van der Waals surface area contributed by atoms with Crippen LogP contribution in [0.15, 0.2) is 45.7 Å². The zero-order valence-electron chi connectivity index (χ0n) is 15.4. The molecule has 0 saturated carbocycles. The highest BCUT2D eigenvalue weighted by Crippen LogP contribution is 2.24. The van der Waals surface area contributed by atoms with Gasteiger partial charge < -0.3 is 14.2 Å². The second-order valence-corrected chi connectivity index (χ2v) is 6.20. The lowest BCUT2D eigenvalue weighted by atomic mass is 10.1. The minimum Gasteiger partial charge on any atom is -0.443 e. The highest BCUT2D eigenvalue weighted by atomic mass is 16.4. The molecule has 142 valence electrons. The summed E-state index contributed by atoms with van der Waals surface area (Å²) in [6.07, 6.45) is 4.76. The van der Waals surface area contributed by atoms with Crippen molar-refractivity contribution < 1.29 is 13.6 Å². The lowest BCUT2D eigenvalue weighted by Gasteiger charge is -2.12. The van der Waals surface area contributed by atoms with Gasteiger partial charge in [-0.2, -0.15) is 5.10 Å². The van der Waals surface area contributed by atoms with E-state index >= 15 is 0 Å². The van der Waals surface area contributed by atoms with Crippen LogP contribution in [0.3, 0.4) is 0 Å². The monoisotopic (exact) mass is 379 g/mol. The van der Waals surface area contributed by atoms with Gasteiger partial charge >= 0.3 is 0 Å². The molecule has 0 spiro atoms. The van der Waals surface area contributed by atoms with Gasteiger partial charge in [0.1, 0.15) is 17.7 Å². The molecule has 0 aliphatic rings. The van der Waals surface area contributed by atoms with Crippen LogP contribution in [0.25, 0.3) is 23.2 Å². The van der Waals surface area contributed by atoms with Crippen molar-refractivity contribution in [2.45, 2.75) is 19.9 Å². The van der Waals surface area contributed by atoms with Crippen molar-refractivity contribution in [1.82, 2.24) is 35.3 Å². The molecule has 4 aromatic heterocycles. The Bertz CT molecular complexity index is 1110. The molecule has 10 nitrogen and oxygen atoms in total. The lowest BCUT2D eigenvalue weighted by molar-refractivity contribution is 0.0939. The van der Waals surface area contributed by atoms with E-state index in [1.165, 1.54) is 12.5 Å². The number of amides is 1. The maximum absolute atomic E-state index is 12.9. The standard InChI is InChI=1S/C18H17N7O3/c1-10(13-4-6-25(3)24-13)20-16(26)12-8-14(17-19-5-7-27-17)21-15(9-12)18-23-22-11(2)28-18/h4-10H,1-3H3,(H,20,26). The molecule has 1 atom stereocenters. The summed E-state index contributed by atoms with van der Waals surface area (Å²) in [6.45, 7) is 3.54. The number of hydrogen-bond donors (Lipinski definition) is 1. The molecule has 0 bridgehead atoms. The molecule has 0 aromatic carbocycles. The second kappa shape index (κ2) is 7.06. The number of aromatic nitrogens is 6. The van der Waals surface area contributed by atoms with Crippen molar-refractivity contribution in [1.29, 1.82) is 0 Å². The number of aryl methyl sites for hydroxylation is 2. The smallest absolute Gasteiger partial charge is 0.266 e. The van der Waals surface area contributed by atoms with Crippen LogP contribution < -0.4 is 5.32 Å². The van der Waals surface area contributed by atoms with E-state index in [9.17, 15) is 4.79 Å². The van der Waals surface area contributed by atoms with Crippen LogP contribution in [0.5, 0.6) is 0 Å². The number of hydrogen-bond acceptors (Lipinski definition) is 8. The first-order valence-corrected chi connectivity index (χ1v) is 8.52. The molecular weight excluding hydrogens is 362 g/mol. The molecule has 0 fully saturated rings. The molecule has 0 aliphatic carbocycles. The van der Waals surface area contributed by atoms with Gasteiger partial charge in [0.25, 0.3) is 11.8 Å².